The zero-order chi connectivity index (χ0) is 24.2. The van der Waals surface area contributed by atoms with Crippen LogP contribution >= 0.6 is 0 Å². The number of benzene rings is 1. The minimum Gasteiger partial charge on any atom is -0.462 e. The van der Waals surface area contributed by atoms with Gasteiger partial charge in [0.2, 0.25) is 11.8 Å². The molecule has 0 bridgehead atoms. The molecular weight excluding hydrogens is 446 g/mol. The lowest BCUT2D eigenvalue weighted by Crippen LogP contribution is -2.58. The predicted octanol–water partition coefficient (Wildman–Crippen LogP) is 0.932. The van der Waals surface area contributed by atoms with E-state index in [9.17, 15) is 9.59 Å². The van der Waals surface area contributed by atoms with E-state index in [1.54, 1.807) is 6.07 Å². The highest BCUT2D eigenvalue weighted by Crippen LogP contribution is 2.26. The molecule has 0 radical (unpaired) electrons. The number of anilines is 1. The van der Waals surface area contributed by atoms with Crippen molar-refractivity contribution in [1.82, 2.24) is 20.4 Å². The summed E-state index contributed by atoms with van der Waals surface area (Å²) in [5.74, 6) is 1.61. The first-order chi connectivity index (χ1) is 17.1. The largest absolute Gasteiger partial charge is 0.462 e. The molecule has 4 heterocycles. The molecule has 3 atom stereocenters. The molecule has 0 saturated carbocycles. The van der Waals surface area contributed by atoms with Crippen molar-refractivity contribution in [2.45, 2.75) is 50.5 Å². The Morgan fingerprint density at radius 3 is 2.60 bits per heavy atom. The van der Waals surface area contributed by atoms with Gasteiger partial charge in [0.05, 0.1) is 12.6 Å². The van der Waals surface area contributed by atoms with Gasteiger partial charge < -0.3 is 30.0 Å². The number of nitrogens with one attached hydrogen (secondary N) is 2. The molecule has 188 valence electrons. The highest BCUT2D eigenvalue weighted by molar-refractivity contribution is 5.83. The van der Waals surface area contributed by atoms with E-state index in [0.717, 1.165) is 51.3 Å². The standard InChI is InChI=1S/C26H35N5O4/c32-18-23-8-7-22(35-23)16-27-19-14-24-26(34)28-15-21(31(24)17-19)6-9-25(33)30-12-10-29(11-13-30)20-4-2-1-3-5-20/h1-5,7-8,19,21,24,27,32H,6,9-18H2,(H,28,34)/t19-,21+,24-/m0/s1. The summed E-state index contributed by atoms with van der Waals surface area (Å²) in [6.07, 6.45) is 1.99. The lowest BCUT2D eigenvalue weighted by Gasteiger charge is -2.38. The molecule has 1 aromatic heterocycles. The summed E-state index contributed by atoms with van der Waals surface area (Å²) in [6.45, 7) is 5.03. The molecule has 0 unspecified atom stereocenters. The van der Waals surface area contributed by atoms with Crippen LogP contribution in [-0.4, -0.2) is 84.1 Å². The number of hydrogen-bond acceptors (Lipinski definition) is 7. The van der Waals surface area contributed by atoms with Crippen molar-refractivity contribution in [1.29, 1.82) is 0 Å². The molecule has 9 nitrogen and oxygen atoms in total. The molecule has 2 aromatic rings. The van der Waals surface area contributed by atoms with Crippen LogP contribution in [0.3, 0.4) is 0 Å². The Hall–Kier alpha value is -2.88. The van der Waals surface area contributed by atoms with Crippen LogP contribution in [0, 0.1) is 0 Å². The maximum Gasteiger partial charge on any atom is 0.237 e. The number of aliphatic hydroxyl groups excluding tert-OH is 1. The zero-order valence-corrected chi connectivity index (χ0v) is 20.1. The normalized spacial score (nSPS) is 24.9. The van der Waals surface area contributed by atoms with Gasteiger partial charge in [0.15, 0.2) is 0 Å². The van der Waals surface area contributed by atoms with E-state index < -0.39 is 0 Å². The van der Waals surface area contributed by atoms with Gasteiger partial charge in [0.25, 0.3) is 0 Å². The molecular formula is C26H35N5O4. The Morgan fingerprint density at radius 2 is 1.86 bits per heavy atom. The van der Waals surface area contributed by atoms with Crippen LogP contribution in [0.5, 0.6) is 0 Å². The van der Waals surface area contributed by atoms with Gasteiger partial charge in [-0.1, -0.05) is 18.2 Å². The van der Waals surface area contributed by atoms with E-state index in [1.165, 1.54) is 5.69 Å². The van der Waals surface area contributed by atoms with Gasteiger partial charge in [-0.25, -0.2) is 0 Å². The number of aliphatic hydroxyl groups is 1. The number of nitrogens with zero attached hydrogens (tertiary/aromatic N) is 3. The minimum atomic E-state index is -0.152. The summed E-state index contributed by atoms with van der Waals surface area (Å²) < 4.78 is 5.56. The number of fused-ring (bicyclic) bond motifs is 1. The van der Waals surface area contributed by atoms with E-state index in [-0.39, 0.29) is 36.5 Å². The number of rotatable bonds is 8. The third-order valence-corrected chi connectivity index (χ3v) is 7.51. The predicted molar refractivity (Wildman–Crippen MR) is 132 cm³/mol. The fourth-order valence-electron chi connectivity index (χ4n) is 5.54. The quantitative estimate of drug-likeness (QED) is 0.516. The molecule has 1 aromatic carbocycles. The number of carbonyl (C=O) groups is 2. The monoisotopic (exact) mass is 481 g/mol. The van der Waals surface area contributed by atoms with Crippen LogP contribution in [0.4, 0.5) is 5.69 Å². The Bertz CT molecular complexity index is 1000. The molecule has 2 amide bonds. The fraction of sp³-hybridized carbons (Fsp3) is 0.538. The zero-order valence-electron chi connectivity index (χ0n) is 20.1. The molecule has 3 saturated heterocycles. The van der Waals surface area contributed by atoms with E-state index in [2.05, 4.69) is 32.6 Å². The number of piperazine rings is 2. The van der Waals surface area contributed by atoms with Gasteiger partial charge in [0.1, 0.15) is 18.1 Å². The third kappa shape index (κ3) is 5.52. The highest BCUT2D eigenvalue weighted by atomic mass is 16.4. The average molecular weight is 482 g/mol. The number of para-hydroxylation sites is 1. The van der Waals surface area contributed by atoms with Crippen LogP contribution in [0.15, 0.2) is 46.9 Å². The Kier molecular flexibility index (Phi) is 7.36. The summed E-state index contributed by atoms with van der Waals surface area (Å²) in [7, 11) is 0. The van der Waals surface area contributed by atoms with Crippen molar-refractivity contribution in [2.24, 2.45) is 0 Å². The van der Waals surface area contributed by atoms with Crippen LogP contribution < -0.4 is 15.5 Å². The summed E-state index contributed by atoms with van der Waals surface area (Å²) in [5.41, 5.74) is 1.21. The molecule has 3 aliphatic heterocycles. The van der Waals surface area contributed by atoms with Gasteiger partial charge in [-0.3, -0.25) is 14.5 Å². The minimum absolute atomic E-state index is 0.0782. The highest BCUT2D eigenvalue weighted by Gasteiger charge is 2.43. The topological polar surface area (TPSA) is 101 Å². The number of hydrogen-bond donors (Lipinski definition) is 3. The molecule has 3 aliphatic rings. The first kappa shape index (κ1) is 23.8. The average Bonchev–Trinajstić information content (AvgIpc) is 3.55. The van der Waals surface area contributed by atoms with Gasteiger partial charge >= 0.3 is 0 Å². The molecule has 5 rings (SSSR count). The second-order valence-electron chi connectivity index (χ2n) is 9.69. The second kappa shape index (κ2) is 10.8. The van der Waals surface area contributed by atoms with Crippen molar-refractivity contribution < 1.29 is 19.1 Å². The van der Waals surface area contributed by atoms with E-state index in [0.29, 0.717) is 25.3 Å². The van der Waals surface area contributed by atoms with Crippen molar-refractivity contribution in [3.8, 4) is 0 Å². The van der Waals surface area contributed by atoms with Crippen molar-refractivity contribution in [3.63, 3.8) is 0 Å². The molecule has 35 heavy (non-hydrogen) atoms. The summed E-state index contributed by atoms with van der Waals surface area (Å²) in [4.78, 5) is 32.0. The van der Waals surface area contributed by atoms with E-state index in [1.807, 2.05) is 29.2 Å². The molecule has 3 N–H and O–H groups in total. The van der Waals surface area contributed by atoms with Crippen molar-refractivity contribution in [3.05, 3.63) is 54.0 Å². The van der Waals surface area contributed by atoms with Crippen molar-refractivity contribution in [2.75, 3.05) is 44.2 Å². The summed E-state index contributed by atoms with van der Waals surface area (Å²) in [6, 6.07) is 14.2. The van der Waals surface area contributed by atoms with Gasteiger partial charge in [-0.2, -0.15) is 0 Å². The maximum atomic E-state index is 13.0. The SMILES string of the molecule is O=C1NC[C@@H](CCC(=O)N2CCN(c3ccccc3)CC2)N2C[C@@H](NCc3ccc(CO)o3)C[C@@H]12. The second-order valence-corrected chi connectivity index (χ2v) is 9.69. The molecule has 9 heteroatoms. The Morgan fingerprint density at radius 1 is 1.09 bits per heavy atom. The van der Waals surface area contributed by atoms with Crippen LogP contribution in [0.2, 0.25) is 0 Å². The molecule has 0 aliphatic carbocycles. The molecule has 3 fully saturated rings. The third-order valence-electron chi connectivity index (χ3n) is 7.51. The van der Waals surface area contributed by atoms with Gasteiger partial charge in [-0.15, -0.1) is 0 Å². The van der Waals surface area contributed by atoms with Gasteiger partial charge in [0, 0.05) is 63.5 Å². The molecule has 0 spiro atoms. The summed E-state index contributed by atoms with van der Waals surface area (Å²) >= 11 is 0. The Balaban J connectivity index is 1.09. The first-order valence-electron chi connectivity index (χ1n) is 12.6. The number of carbonyl (C=O) groups excluding carboxylic acids is 2. The maximum absolute atomic E-state index is 13.0. The fourth-order valence-corrected chi connectivity index (χ4v) is 5.54. The Labute approximate surface area is 206 Å². The van der Waals surface area contributed by atoms with Crippen molar-refractivity contribution >= 4 is 17.5 Å². The van der Waals surface area contributed by atoms with Crippen LogP contribution in [0.1, 0.15) is 30.8 Å². The van der Waals surface area contributed by atoms with Crippen LogP contribution in [0.25, 0.3) is 0 Å². The smallest absolute Gasteiger partial charge is 0.237 e. The lowest BCUT2D eigenvalue weighted by molar-refractivity contribution is -0.132. The lowest BCUT2D eigenvalue weighted by atomic mass is 10.0. The number of furan rings is 1. The van der Waals surface area contributed by atoms with Gasteiger partial charge in [-0.05, 0) is 37.1 Å². The van der Waals surface area contributed by atoms with Crippen LogP contribution in [-0.2, 0) is 22.7 Å². The first-order valence-corrected chi connectivity index (χ1v) is 12.6. The van der Waals surface area contributed by atoms with E-state index >= 15 is 0 Å². The summed E-state index contributed by atoms with van der Waals surface area (Å²) in [5, 5.41) is 15.7. The van der Waals surface area contributed by atoms with E-state index in [4.69, 9.17) is 9.52 Å². The number of amides is 2.